The van der Waals surface area contributed by atoms with Crippen molar-refractivity contribution in [2.24, 2.45) is 0 Å². The van der Waals surface area contributed by atoms with E-state index in [1.165, 1.54) is 11.8 Å². The molecule has 0 unspecified atom stereocenters. The van der Waals surface area contributed by atoms with Crippen molar-refractivity contribution in [3.8, 4) is 0 Å². The van der Waals surface area contributed by atoms with Gasteiger partial charge in [-0.2, -0.15) is 13.2 Å². The van der Waals surface area contributed by atoms with E-state index in [9.17, 15) is 18.0 Å². The van der Waals surface area contributed by atoms with Gasteiger partial charge >= 0.3 is 12.3 Å². The lowest BCUT2D eigenvalue weighted by Crippen LogP contribution is -2.30. The highest BCUT2D eigenvalue weighted by molar-refractivity contribution is 7.99. The van der Waals surface area contributed by atoms with Gasteiger partial charge in [0.25, 0.3) is 0 Å². The Balaban J connectivity index is 1.82. The van der Waals surface area contributed by atoms with E-state index < -0.39 is 18.9 Å². The standard InChI is InChI=1S/C14H16F3N3O2S/c1-2-20-11-6-4-3-5-10(11)19-12(20)23-8-7-18-13(21)22-9-14(15,16)17/h3-6H,2,7-9H2,1H3,(H,18,21). The number of nitrogens with zero attached hydrogens (tertiary/aromatic N) is 2. The molecule has 5 nitrogen and oxygen atoms in total. The van der Waals surface area contributed by atoms with E-state index in [0.717, 1.165) is 22.7 Å². The molecule has 0 atom stereocenters. The van der Waals surface area contributed by atoms with E-state index in [2.05, 4.69) is 15.0 Å². The van der Waals surface area contributed by atoms with Crippen LogP contribution in [0.25, 0.3) is 11.0 Å². The molecule has 1 N–H and O–H groups in total. The normalized spacial score (nSPS) is 11.7. The van der Waals surface area contributed by atoms with Crippen LogP contribution in [0.15, 0.2) is 29.4 Å². The number of rotatable bonds is 6. The van der Waals surface area contributed by atoms with Crippen LogP contribution >= 0.6 is 11.8 Å². The molecule has 0 radical (unpaired) electrons. The molecule has 0 spiro atoms. The van der Waals surface area contributed by atoms with Crippen molar-refractivity contribution in [3.63, 3.8) is 0 Å². The highest BCUT2D eigenvalue weighted by atomic mass is 32.2. The molecule has 9 heteroatoms. The third-order valence-electron chi connectivity index (χ3n) is 2.91. The number of para-hydroxylation sites is 2. The molecule has 2 aromatic rings. The quantitative estimate of drug-likeness (QED) is 0.642. The lowest BCUT2D eigenvalue weighted by molar-refractivity contribution is -0.160. The number of alkyl halides is 3. The number of aromatic nitrogens is 2. The van der Waals surface area contributed by atoms with Crippen LogP contribution in [0, 0.1) is 0 Å². The molecule has 126 valence electrons. The molecule has 0 bridgehead atoms. The number of hydrogen-bond donors (Lipinski definition) is 1. The largest absolute Gasteiger partial charge is 0.440 e. The summed E-state index contributed by atoms with van der Waals surface area (Å²) < 4.78 is 41.8. The first kappa shape index (κ1) is 17.5. The van der Waals surface area contributed by atoms with Crippen LogP contribution < -0.4 is 5.32 Å². The molecule has 2 rings (SSSR count). The Bertz CT molecular complexity index is 673. The van der Waals surface area contributed by atoms with E-state index in [0.29, 0.717) is 5.75 Å². The maximum atomic E-state index is 11.9. The van der Waals surface area contributed by atoms with Crippen molar-refractivity contribution in [1.29, 1.82) is 0 Å². The molecule has 0 aliphatic heterocycles. The van der Waals surface area contributed by atoms with Crippen LogP contribution in [0.3, 0.4) is 0 Å². The van der Waals surface area contributed by atoms with Crippen LogP contribution in [0.2, 0.25) is 0 Å². The summed E-state index contributed by atoms with van der Waals surface area (Å²) in [7, 11) is 0. The van der Waals surface area contributed by atoms with Gasteiger partial charge in [0.15, 0.2) is 11.8 Å². The fraction of sp³-hybridized carbons (Fsp3) is 0.429. The van der Waals surface area contributed by atoms with Crippen molar-refractivity contribution in [3.05, 3.63) is 24.3 Å². The molecule has 0 saturated carbocycles. The fourth-order valence-corrected chi connectivity index (χ4v) is 2.90. The van der Waals surface area contributed by atoms with Gasteiger partial charge in [-0.1, -0.05) is 23.9 Å². The highest BCUT2D eigenvalue weighted by Gasteiger charge is 2.29. The zero-order valence-corrected chi connectivity index (χ0v) is 13.2. The molecule has 0 fully saturated rings. The number of hydrogen-bond acceptors (Lipinski definition) is 4. The smallest absolute Gasteiger partial charge is 0.422 e. The second kappa shape index (κ2) is 7.58. The minimum absolute atomic E-state index is 0.189. The number of alkyl carbamates (subject to hydrolysis) is 1. The van der Waals surface area contributed by atoms with Gasteiger partial charge < -0.3 is 14.6 Å². The Labute approximate surface area is 135 Å². The van der Waals surface area contributed by atoms with E-state index in [1.54, 1.807) is 0 Å². The third-order valence-corrected chi connectivity index (χ3v) is 3.88. The number of fused-ring (bicyclic) bond motifs is 1. The Morgan fingerprint density at radius 2 is 2.13 bits per heavy atom. The summed E-state index contributed by atoms with van der Waals surface area (Å²) in [5.74, 6) is 0.477. The molecule has 0 saturated heterocycles. The lowest BCUT2D eigenvalue weighted by Gasteiger charge is -2.09. The van der Waals surface area contributed by atoms with Gasteiger partial charge in [-0.3, -0.25) is 0 Å². The number of amides is 1. The second-order valence-electron chi connectivity index (χ2n) is 4.59. The van der Waals surface area contributed by atoms with Gasteiger partial charge in [-0.25, -0.2) is 9.78 Å². The van der Waals surface area contributed by atoms with E-state index >= 15 is 0 Å². The summed E-state index contributed by atoms with van der Waals surface area (Å²) in [6, 6.07) is 7.73. The Hall–Kier alpha value is -1.90. The summed E-state index contributed by atoms with van der Waals surface area (Å²) in [4.78, 5) is 15.6. The molecule has 0 aliphatic carbocycles. The van der Waals surface area contributed by atoms with Gasteiger partial charge in [0.2, 0.25) is 0 Å². The minimum atomic E-state index is -4.52. The van der Waals surface area contributed by atoms with Crippen molar-refractivity contribution < 1.29 is 22.7 Å². The maximum Gasteiger partial charge on any atom is 0.422 e. The number of carbonyl (C=O) groups excluding carboxylic acids is 1. The first-order valence-electron chi connectivity index (χ1n) is 6.96. The number of carbonyl (C=O) groups is 1. The third kappa shape index (κ3) is 5.05. The number of ether oxygens (including phenoxy) is 1. The Kier molecular flexibility index (Phi) is 5.75. The number of aryl methyl sites for hydroxylation is 1. The SMILES string of the molecule is CCn1c(SCCNC(=O)OCC(F)(F)F)nc2ccccc21. The van der Waals surface area contributed by atoms with Crippen molar-refractivity contribution >= 4 is 28.9 Å². The summed E-state index contributed by atoms with van der Waals surface area (Å²) >= 11 is 1.42. The summed E-state index contributed by atoms with van der Waals surface area (Å²) in [5.41, 5.74) is 1.91. The maximum absolute atomic E-state index is 11.9. The molecular weight excluding hydrogens is 331 g/mol. The average molecular weight is 347 g/mol. The molecular formula is C14H16F3N3O2S. The number of thioether (sulfide) groups is 1. The highest BCUT2D eigenvalue weighted by Crippen LogP contribution is 2.23. The van der Waals surface area contributed by atoms with Crippen LogP contribution in [0.1, 0.15) is 6.92 Å². The average Bonchev–Trinajstić information content (AvgIpc) is 2.86. The monoisotopic (exact) mass is 347 g/mol. The number of halogens is 3. The summed E-state index contributed by atoms with van der Waals surface area (Å²) in [5, 5.41) is 3.08. The van der Waals surface area contributed by atoms with E-state index in [4.69, 9.17) is 0 Å². The van der Waals surface area contributed by atoms with Gasteiger partial charge in [-0.15, -0.1) is 0 Å². The van der Waals surface area contributed by atoms with Crippen LogP contribution in [-0.4, -0.2) is 40.7 Å². The first-order valence-corrected chi connectivity index (χ1v) is 7.94. The lowest BCUT2D eigenvalue weighted by atomic mass is 10.3. The van der Waals surface area contributed by atoms with Gasteiger partial charge in [0.05, 0.1) is 11.0 Å². The molecule has 1 aromatic carbocycles. The fourth-order valence-electron chi connectivity index (χ4n) is 1.96. The topological polar surface area (TPSA) is 56.2 Å². The Morgan fingerprint density at radius 3 is 2.83 bits per heavy atom. The predicted octanol–water partition coefficient (Wildman–Crippen LogP) is 3.44. The number of nitrogens with one attached hydrogen (secondary N) is 1. The van der Waals surface area contributed by atoms with Crippen LogP contribution in [-0.2, 0) is 11.3 Å². The predicted molar refractivity (Wildman–Crippen MR) is 81.5 cm³/mol. The summed E-state index contributed by atoms with van der Waals surface area (Å²) in [6.45, 7) is 1.36. The first-order chi connectivity index (χ1) is 10.9. The van der Waals surface area contributed by atoms with E-state index in [1.807, 2.05) is 35.8 Å². The van der Waals surface area contributed by atoms with Gasteiger partial charge in [-0.05, 0) is 19.1 Å². The van der Waals surface area contributed by atoms with E-state index in [-0.39, 0.29) is 6.54 Å². The second-order valence-corrected chi connectivity index (χ2v) is 5.66. The Morgan fingerprint density at radius 1 is 1.39 bits per heavy atom. The van der Waals surface area contributed by atoms with Crippen molar-refractivity contribution in [2.75, 3.05) is 18.9 Å². The summed E-state index contributed by atoms with van der Waals surface area (Å²) in [6.07, 6.45) is -5.59. The molecule has 0 aliphatic rings. The van der Waals surface area contributed by atoms with Crippen molar-refractivity contribution in [1.82, 2.24) is 14.9 Å². The van der Waals surface area contributed by atoms with Crippen LogP contribution in [0.4, 0.5) is 18.0 Å². The van der Waals surface area contributed by atoms with Crippen molar-refractivity contribution in [2.45, 2.75) is 24.8 Å². The van der Waals surface area contributed by atoms with Gasteiger partial charge in [0.1, 0.15) is 0 Å². The zero-order chi connectivity index (χ0) is 16.9. The molecule has 1 aromatic heterocycles. The molecule has 1 heterocycles. The minimum Gasteiger partial charge on any atom is -0.440 e. The molecule has 23 heavy (non-hydrogen) atoms. The van der Waals surface area contributed by atoms with Gasteiger partial charge in [0, 0.05) is 18.8 Å². The van der Waals surface area contributed by atoms with Crippen LogP contribution in [0.5, 0.6) is 0 Å². The zero-order valence-electron chi connectivity index (χ0n) is 12.4. The molecule has 1 amide bonds. The number of benzene rings is 1. The number of imidazole rings is 1.